The first kappa shape index (κ1) is 23.7. The van der Waals surface area contributed by atoms with E-state index in [-0.39, 0.29) is 22.3 Å². The van der Waals surface area contributed by atoms with Crippen LogP contribution in [0.1, 0.15) is 66.0 Å². The van der Waals surface area contributed by atoms with E-state index in [2.05, 4.69) is 11.9 Å². The minimum Gasteiger partial charge on any atom is -0.494 e. The summed E-state index contributed by atoms with van der Waals surface area (Å²) in [5.41, 5.74) is 1.34. The number of aryl methyl sites for hydroxylation is 1. The number of nitrogens with zero attached hydrogens (tertiary/aromatic N) is 2. The number of rotatable bonds is 8. The zero-order chi connectivity index (χ0) is 25.2. The Morgan fingerprint density at radius 1 is 1.03 bits per heavy atom. The van der Waals surface area contributed by atoms with Crippen LogP contribution in [-0.2, 0) is 0 Å². The number of halogens is 1. The fourth-order valence-electron chi connectivity index (χ4n) is 4.62. The molecule has 5 rings (SSSR count). The maximum absolute atomic E-state index is 14.0. The van der Waals surface area contributed by atoms with E-state index < -0.39 is 23.2 Å². The lowest BCUT2D eigenvalue weighted by Gasteiger charge is -2.24. The first-order valence-corrected chi connectivity index (χ1v) is 12.2. The number of hydrogen-bond donors (Lipinski definition) is 0. The quantitative estimate of drug-likeness (QED) is 0.272. The molecule has 0 saturated heterocycles. The van der Waals surface area contributed by atoms with E-state index in [9.17, 15) is 14.0 Å². The van der Waals surface area contributed by atoms with Crippen molar-refractivity contribution >= 4 is 22.7 Å². The number of ether oxygens (including phenoxy) is 1. The number of carbonyl (C=O) groups is 1. The van der Waals surface area contributed by atoms with E-state index in [0.717, 1.165) is 24.6 Å². The molecule has 2 aromatic carbocycles. The van der Waals surface area contributed by atoms with Gasteiger partial charge in [0.2, 0.25) is 5.76 Å². The summed E-state index contributed by atoms with van der Waals surface area (Å²) in [4.78, 5) is 33.2. The molecule has 4 aromatic rings. The molecule has 1 atom stereocenters. The third-order valence-electron chi connectivity index (χ3n) is 6.42. The summed E-state index contributed by atoms with van der Waals surface area (Å²) >= 11 is 0. The van der Waals surface area contributed by atoms with Crippen molar-refractivity contribution in [3.05, 3.63) is 99.3 Å². The zero-order valence-corrected chi connectivity index (χ0v) is 20.3. The molecule has 0 saturated carbocycles. The standard InChI is InChI=1S/C29H27FN2O4/c1-3-4-5-6-16-35-21-13-10-19(11-14-21)26-25-27(33)22-17-20(30)12-15-23(22)36-28(25)29(34)32(26)24-9-7-8-18(2)31-24/h7-15,17,26H,3-6,16H2,1-2H3. The molecule has 1 aliphatic heterocycles. The topological polar surface area (TPSA) is 72.6 Å². The van der Waals surface area contributed by atoms with Crippen molar-refractivity contribution in [3.8, 4) is 5.75 Å². The van der Waals surface area contributed by atoms with Gasteiger partial charge in [0.25, 0.3) is 5.91 Å². The van der Waals surface area contributed by atoms with Crippen LogP contribution in [0.25, 0.3) is 11.0 Å². The van der Waals surface area contributed by atoms with Crippen LogP contribution in [0.5, 0.6) is 5.75 Å². The molecule has 0 radical (unpaired) electrons. The van der Waals surface area contributed by atoms with Crippen LogP contribution >= 0.6 is 0 Å². The molecule has 1 unspecified atom stereocenters. The maximum atomic E-state index is 14.0. The van der Waals surface area contributed by atoms with Crippen molar-refractivity contribution in [2.45, 2.75) is 45.6 Å². The van der Waals surface area contributed by atoms with Crippen LogP contribution in [0.3, 0.4) is 0 Å². The molecular formula is C29H27FN2O4. The number of aromatic nitrogens is 1. The zero-order valence-electron chi connectivity index (χ0n) is 20.3. The summed E-state index contributed by atoms with van der Waals surface area (Å²) in [5, 5.41) is 0.0950. The van der Waals surface area contributed by atoms with Crippen LogP contribution in [-0.4, -0.2) is 17.5 Å². The van der Waals surface area contributed by atoms with Crippen LogP contribution in [0.15, 0.2) is 69.9 Å². The van der Waals surface area contributed by atoms with Crippen molar-refractivity contribution in [1.82, 2.24) is 4.98 Å². The number of pyridine rings is 1. The summed E-state index contributed by atoms with van der Waals surface area (Å²) in [7, 11) is 0. The summed E-state index contributed by atoms with van der Waals surface area (Å²) in [6.07, 6.45) is 4.45. The lowest BCUT2D eigenvalue weighted by Crippen LogP contribution is -2.30. The summed E-state index contributed by atoms with van der Waals surface area (Å²) < 4.78 is 25.7. The fraction of sp³-hybridized carbons (Fsp3) is 0.276. The van der Waals surface area contributed by atoms with Gasteiger partial charge < -0.3 is 9.15 Å². The average molecular weight is 487 g/mol. The Bertz CT molecular complexity index is 1480. The molecule has 1 amide bonds. The fourth-order valence-corrected chi connectivity index (χ4v) is 4.62. The highest BCUT2D eigenvalue weighted by atomic mass is 19.1. The Hall–Kier alpha value is -4.00. The van der Waals surface area contributed by atoms with E-state index in [0.29, 0.717) is 23.7 Å². The SMILES string of the molecule is CCCCCCOc1ccc(C2c3c(oc4ccc(F)cc4c3=O)C(=O)N2c2cccc(C)n2)cc1. The highest BCUT2D eigenvalue weighted by Gasteiger charge is 2.44. The van der Waals surface area contributed by atoms with E-state index in [1.807, 2.05) is 43.3 Å². The number of hydrogen-bond acceptors (Lipinski definition) is 5. The van der Waals surface area contributed by atoms with E-state index in [1.165, 1.54) is 29.9 Å². The highest BCUT2D eigenvalue weighted by Crippen LogP contribution is 2.41. The third-order valence-corrected chi connectivity index (χ3v) is 6.42. The lowest BCUT2D eigenvalue weighted by atomic mass is 9.98. The van der Waals surface area contributed by atoms with Gasteiger partial charge in [-0.25, -0.2) is 9.37 Å². The second kappa shape index (κ2) is 9.93. The molecule has 0 N–H and O–H groups in total. The van der Waals surface area contributed by atoms with Crippen molar-refractivity contribution < 1.29 is 18.3 Å². The molecule has 0 aliphatic carbocycles. The van der Waals surface area contributed by atoms with Crippen molar-refractivity contribution in [2.24, 2.45) is 0 Å². The Kier molecular flexibility index (Phi) is 6.55. The molecule has 0 fully saturated rings. The van der Waals surface area contributed by atoms with E-state index >= 15 is 0 Å². The van der Waals surface area contributed by atoms with Crippen molar-refractivity contribution in [3.63, 3.8) is 0 Å². The Morgan fingerprint density at radius 3 is 2.58 bits per heavy atom. The molecule has 0 bridgehead atoms. The van der Waals surface area contributed by atoms with Gasteiger partial charge in [-0.15, -0.1) is 0 Å². The van der Waals surface area contributed by atoms with Crippen LogP contribution in [0, 0.1) is 12.7 Å². The lowest BCUT2D eigenvalue weighted by molar-refractivity contribution is 0.0970. The highest BCUT2D eigenvalue weighted by molar-refractivity contribution is 6.10. The molecule has 6 nitrogen and oxygen atoms in total. The molecule has 7 heteroatoms. The predicted molar refractivity (Wildman–Crippen MR) is 136 cm³/mol. The normalized spacial score (nSPS) is 14.9. The van der Waals surface area contributed by atoms with Gasteiger partial charge >= 0.3 is 0 Å². The van der Waals surface area contributed by atoms with Crippen molar-refractivity contribution in [1.29, 1.82) is 0 Å². The van der Waals surface area contributed by atoms with E-state index in [1.54, 1.807) is 6.07 Å². The molecule has 0 spiro atoms. The first-order valence-electron chi connectivity index (χ1n) is 12.2. The number of carbonyl (C=O) groups excluding carboxylic acids is 1. The maximum Gasteiger partial charge on any atom is 0.296 e. The Balaban J connectivity index is 1.58. The van der Waals surface area contributed by atoms with Crippen LogP contribution in [0.2, 0.25) is 0 Å². The largest absolute Gasteiger partial charge is 0.494 e. The molecule has 3 heterocycles. The van der Waals surface area contributed by atoms with E-state index in [4.69, 9.17) is 9.15 Å². The van der Waals surface area contributed by atoms with Crippen LogP contribution < -0.4 is 15.1 Å². The Morgan fingerprint density at radius 2 is 1.83 bits per heavy atom. The Labute approximate surface area is 208 Å². The second-order valence-corrected chi connectivity index (χ2v) is 9.01. The minimum absolute atomic E-state index is 0.0522. The van der Waals surface area contributed by atoms with Gasteiger partial charge in [-0.1, -0.05) is 44.4 Å². The molecule has 1 aliphatic rings. The molecular weight excluding hydrogens is 459 g/mol. The summed E-state index contributed by atoms with van der Waals surface area (Å²) in [5.74, 6) is 0.0551. The van der Waals surface area contributed by atoms with Gasteiger partial charge in [-0.3, -0.25) is 14.5 Å². The number of fused-ring (bicyclic) bond motifs is 2. The second-order valence-electron chi connectivity index (χ2n) is 9.01. The third kappa shape index (κ3) is 4.37. The first-order chi connectivity index (χ1) is 17.5. The van der Waals surface area contributed by atoms with Crippen LogP contribution in [0.4, 0.5) is 10.2 Å². The van der Waals surface area contributed by atoms with Gasteiger partial charge in [-0.05, 0) is 61.4 Å². The summed E-state index contributed by atoms with van der Waals surface area (Å²) in [6.45, 7) is 4.63. The number of benzene rings is 2. The van der Waals surface area contributed by atoms with Gasteiger partial charge in [0.05, 0.1) is 23.6 Å². The van der Waals surface area contributed by atoms with Gasteiger partial charge in [0, 0.05) is 5.69 Å². The molecule has 36 heavy (non-hydrogen) atoms. The van der Waals surface area contributed by atoms with Crippen molar-refractivity contribution in [2.75, 3.05) is 11.5 Å². The monoisotopic (exact) mass is 486 g/mol. The average Bonchev–Trinajstić information content (AvgIpc) is 3.17. The number of amides is 1. The predicted octanol–water partition coefficient (Wildman–Crippen LogP) is 6.34. The smallest absolute Gasteiger partial charge is 0.296 e. The summed E-state index contributed by atoms with van der Waals surface area (Å²) in [6, 6.07) is 15.7. The minimum atomic E-state index is -0.774. The molecule has 2 aromatic heterocycles. The van der Waals surface area contributed by atoms with Gasteiger partial charge in [0.1, 0.15) is 23.0 Å². The van der Waals surface area contributed by atoms with Gasteiger partial charge in [-0.2, -0.15) is 0 Å². The molecule has 184 valence electrons. The number of anilines is 1. The van der Waals surface area contributed by atoms with Gasteiger partial charge in [0.15, 0.2) is 5.43 Å². The number of unbranched alkanes of at least 4 members (excludes halogenated alkanes) is 3.